The van der Waals surface area contributed by atoms with E-state index >= 15 is 0 Å². The Morgan fingerprint density at radius 1 is 1.00 bits per heavy atom. The number of rotatable bonds is 8. The SMILES string of the molecule is NC(Cc1ccc(O)c(O)c1)C(=O)O.NC(N)=NCCCC(N)C(=O)O. The number of carbonyl (C=O) groups is 2. The van der Waals surface area contributed by atoms with Crippen LogP contribution in [0.3, 0.4) is 0 Å². The van der Waals surface area contributed by atoms with E-state index < -0.39 is 24.0 Å². The summed E-state index contributed by atoms with van der Waals surface area (Å²) in [7, 11) is 0. The van der Waals surface area contributed by atoms with E-state index in [1.807, 2.05) is 0 Å². The molecule has 2 unspecified atom stereocenters. The van der Waals surface area contributed by atoms with Crippen molar-refractivity contribution in [1.29, 1.82) is 0 Å². The fourth-order valence-corrected chi connectivity index (χ4v) is 1.68. The third kappa shape index (κ3) is 9.95. The molecular weight excluding hydrogens is 346 g/mol. The van der Waals surface area contributed by atoms with Gasteiger partial charge in [0.05, 0.1) is 0 Å². The van der Waals surface area contributed by atoms with Gasteiger partial charge in [-0.15, -0.1) is 0 Å². The molecule has 0 amide bonds. The molecule has 1 aromatic rings. The highest BCUT2D eigenvalue weighted by Gasteiger charge is 2.13. The van der Waals surface area contributed by atoms with Gasteiger partial charge in [-0.3, -0.25) is 14.6 Å². The van der Waals surface area contributed by atoms with Crippen LogP contribution in [-0.2, 0) is 16.0 Å². The first-order chi connectivity index (χ1) is 12.0. The first-order valence-corrected chi connectivity index (χ1v) is 7.57. The van der Waals surface area contributed by atoms with E-state index in [1.54, 1.807) is 0 Å². The molecular formula is C15H25N5O6. The summed E-state index contributed by atoms with van der Waals surface area (Å²) in [5.74, 6) is -2.60. The Labute approximate surface area is 149 Å². The molecule has 0 radical (unpaired) electrons. The minimum atomic E-state index is -1.10. The van der Waals surface area contributed by atoms with Gasteiger partial charge in [0.2, 0.25) is 0 Å². The van der Waals surface area contributed by atoms with Gasteiger partial charge < -0.3 is 43.4 Å². The van der Waals surface area contributed by atoms with Crippen LogP contribution in [0.2, 0.25) is 0 Å². The average molecular weight is 371 g/mol. The van der Waals surface area contributed by atoms with E-state index in [1.165, 1.54) is 18.2 Å². The number of aromatic hydroxyl groups is 2. The molecule has 0 bridgehead atoms. The van der Waals surface area contributed by atoms with Gasteiger partial charge >= 0.3 is 11.9 Å². The zero-order chi connectivity index (χ0) is 20.3. The fourth-order valence-electron chi connectivity index (χ4n) is 1.68. The number of guanidine groups is 1. The summed E-state index contributed by atoms with van der Waals surface area (Å²) in [6.45, 7) is 0.420. The molecule has 0 saturated heterocycles. The largest absolute Gasteiger partial charge is 0.504 e. The predicted molar refractivity (Wildman–Crippen MR) is 94.6 cm³/mol. The summed E-state index contributed by atoms with van der Waals surface area (Å²) < 4.78 is 0. The maximum absolute atomic E-state index is 10.4. The van der Waals surface area contributed by atoms with Crippen LogP contribution in [0.15, 0.2) is 23.2 Å². The molecule has 1 rings (SSSR count). The lowest BCUT2D eigenvalue weighted by molar-refractivity contribution is -0.139. The van der Waals surface area contributed by atoms with Crippen molar-refractivity contribution >= 4 is 17.9 Å². The summed E-state index contributed by atoms with van der Waals surface area (Å²) in [6.07, 6.45) is 1.07. The number of nitrogens with two attached hydrogens (primary N) is 4. The minimum absolute atomic E-state index is 0.0129. The van der Waals surface area contributed by atoms with E-state index in [0.717, 1.165) is 0 Å². The number of carboxylic acids is 2. The van der Waals surface area contributed by atoms with Crippen molar-refractivity contribution < 1.29 is 30.0 Å². The molecule has 26 heavy (non-hydrogen) atoms. The summed E-state index contributed by atoms with van der Waals surface area (Å²) in [4.78, 5) is 24.3. The van der Waals surface area contributed by atoms with Crippen LogP contribution in [0.1, 0.15) is 18.4 Å². The lowest BCUT2D eigenvalue weighted by Gasteiger charge is -2.06. The van der Waals surface area contributed by atoms with Gasteiger partial charge in [-0.2, -0.15) is 0 Å². The second-order valence-electron chi connectivity index (χ2n) is 5.37. The highest BCUT2D eigenvalue weighted by molar-refractivity contribution is 5.75. The molecule has 0 fully saturated rings. The number of phenolic OH excluding ortho intramolecular Hbond substituents is 2. The summed E-state index contributed by atoms with van der Waals surface area (Å²) in [5, 5.41) is 35.0. The van der Waals surface area contributed by atoms with E-state index in [0.29, 0.717) is 24.9 Å². The minimum Gasteiger partial charge on any atom is -0.504 e. The Morgan fingerprint density at radius 3 is 2.04 bits per heavy atom. The highest BCUT2D eigenvalue weighted by Crippen LogP contribution is 2.25. The first-order valence-electron chi connectivity index (χ1n) is 7.57. The fraction of sp³-hybridized carbons (Fsp3) is 0.400. The predicted octanol–water partition coefficient (Wildman–Crippen LogP) is -1.50. The number of aliphatic carboxylic acids is 2. The van der Waals surface area contributed by atoms with E-state index in [9.17, 15) is 9.59 Å². The van der Waals surface area contributed by atoms with Gasteiger partial charge in [0.15, 0.2) is 17.5 Å². The second kappa shape index (κ2) is 11.5. The smallest absolute Gasteiger partial charge is 0.320 e. The van der Waals surface area contributed by atoms with Gasteiger partial charge in [0, 0.05) is 6.54 Å². The van der Waals surface area contributed by atoms with Gasteiger partial charge in [-0.1, -0.05) is 6.07 Å². The number of hydrogen-bond donors (Lipinski definition) is 8. The zero-order valence-corrected chi connectivity index (χ0v) is 14.1. The summed E-state index contributed by atoms with van der Waals surface area (Å²) >= 11 is 0. The van der Waals surface area contributed by atoms with Crippen LogP contribution >= 0.6 is 0 Å². The van der Waals surface area contributed by atoms with Crippen LogP contribution in [0, 0.1) is 0 Å². The number of hydrogen-bond acceptors (Lipinski definition) is 7. The van der Waals surface area contributed by atoms with Crippen LogP contribution in [0.25, 0.3) is 0 Å². The van der Waals surface area contributed by atoms with Crippen molar-refractivity contribution in [3.05, 3.63) is 23.8 Å². The monoisotopic (exact) mass is 371 g/mol. The molecule has 1 aromatic carbocycles. The Kier molecular flexibility index (Phi) is 10.1. The van der Waals surface area contributed by atoms with Gasteiger partial charge in [0.1, 0.15) is 12.1 Å². The molecule has 0 aliphatic heterocycles. The molecule has 11 heteroatoms. The summed E-state index contributed by atoms with van der Waals surface area (Å²) in [6, 6.07) is 2.27. The standard InChI is InChI=1S/C9H11NO4.C6H14N4O2/c10-6(9(13)14)3-5-1-2-7(11)8(12)4-5;7-4(5(11)12)2-1-3-10-6(8)9/h1-2,4,6,11-12H,3,10H2,(H,13,14);4H,1-3,7H2,(H,11,12)(H4,8,9,10). The van der Waals surface area contributed by atoms with E-state index in [-0.39, 0.29) is 23.9 Å². The van der Waals surface area contributed by atoms with Crippen molar-refractivity contribution in [2.24, 2.45) is 27.9 Å². The molecule has 0 saturated carbocycles. The molecule has 12 N–H and O–H groups in total. The highest BCUT2D eigenvalue weighted by atomic mass is 16.4. The summed E-state index contributed by atoms with van der Waals surface area (Å²) in [5.41, 5.74) is 21.2. The first kappa shape index (κ1) is 22.9. The molecule has 0 aromatic heterocycles. The number of benzene rings is 1. The van der Waals surface area contributed by atoms with Crippen molar-refractivity contribution in [2.75, 3.05) is 6.54 Å². The molecule has 0 aliphatic carbocycles. The van der Waals surface area contributed by atoms with Crippen LogP contribution in [0.5, 0.6) is 11.5 Å². The number of nitrogens with zero attached hydrogens (tertiary/aromatic N) is 1. The topological polar surface area (TPSA) is 232 Å². The molecule has 0 aliphatic rings. The van der Waals surface area contributed by atoms with Crippen LogP contribution < -0.4 is 22.9 Å². The molecule has 0 spiro atoms. The Bertz CT molecular complexity index is 633. The van der Waals surface area contributed by atoms with Crippen molar-refractivity contribution in [3.63, 3.8) is 0 Å². The zero-order valence-electron chi connectivity index (χ0n) is 14.1. The maximum atomic E-state index is 10.4. The number of phenols is 2. The Hall–Kier alpha value is -3.05. The van der Waals surface area contributed by atoms with Gasteiger partial charge in [0.25, 0.3) is 0 Å². The third-order valence-electron chi connectivity index (χ3n) is 3.10. The second-order valence-corrected chi connectivity index (χ2v) is 5.37. The van der Waals surface area contributed by atoms with E-state index in [2.05, 4.69) is 4.99 Å². The van der Waals surface area contributed by atoms with Crippen molar-refractivity contribution in [2.45, 2.75) is 31.3 Å². The number of carboxylic acid groups (broad SMARTS) is 2. The molecule has 146 valence electrons. The lowest BCUT2D eigenvalue weighted by Crippen LogP contribution is -2.32. The quantitative estimate of drug-likeness (QED) is 0.114. The molecule has 2 atom stereocenters. The van der Waals surface area contributed by atoms with Gasteiger partial charge in [-0.25, -0.2) is 0 Å². The normalized spacial score (nSPS) is 12.2. The Morgan fingerprint density at radius 2 is 1.58 bits per heavy atom. The molecule has 0 heterocycles. The van der Waals surface area contributed by atoms with Crippen LogP contribution in [0.4, 0.5) is 0 Å². The molecule has 11 nitrogen and oxygen atoms in total. The van der Waals surface area contributed by atoms with Crippen LogP contribution in [-0.4, -0.2) is 57.0 Å². The third-order valence-corrected chi connectivity index (χ3v) is 3.10. The number of aliphatic imine (C=N–C) groups is 1. The van der Waals surface area contributed by atoms with Gasteiger partial charge in [-0.05, 0) is 37.0 Å². The average Bonchev–Trinajstić information content (AvgIpc) is 2.55. The van der Waals surface area contributed by atoms with Crippen molar-refractivity contribution in [3.8, 4) is 11.5 Å². The van der Waals surface area contributed by atoms with Crippen molar-refractivity contribution in [1.82, 2.24) is 0 Å². The Balaban J connectivity index is 0.000000488. The van der Waals surface area contributed by atoms with E-state index in [4.69, 9.17) is 43.4 Å². The maximum Gasteiger partial charge on any atom is 0.320 e. The lowest BCUT2D eigenvalue weighted by atomic mass is 10.1.